The van der Waals surface area contributed by atoms with Gasteiger partial charge in [0, 0.05) is 5.92 Å². The number of hydrogen-bond acceptors (Lipinski definition) is 4. The Morgan fingerprint density at radius 3 is 1.75 bits per heavy atom. The lowest BCUT2D eigenvalue weighted by Crippen LogP contribution is -2.21. The molecular formula is C12H19NO3. The molecule has 0 heterocycles. The summed E-state index contributed by atoms with van der Waals surface area (Å²) in [5.41, 5.74) is 5.50. The number of carbonyl (C=O) groups is 3. The number of rotatable bonds is 4. The Labute approximate surface area is 95.9 Å². The van der Waals surface area contributed by atoms with Crippen LogP contribution in [0.5, 0.6) is 0 Å². The molecule has 0 aromatic rings. The fourth-order valence-corrected chi connectivity index (χ4v) is 1.65. The van der Waals surface area contributed by atoms with Gasteiger partial charge >= 0.3 is 0 Å². The number of nitrogens with two attached hydrogens (primary N) is 1. The van der Waals surface area contributed by atoms with Crippen LogP contribution in [0.1, 0.15) is 25.7 Å². The zero-order valence-electron chi connectivity index (χ0n) is 9.38. The Kier molecular flexibility index (Phi) is 9.41. The fraction of sp³-hybridized carbons (Fsp3) is 0.583. The third-order valence-corrected chi connectivity index (χ3v) is 2.69. The van der Waals surface area contributed by atoms with Crippen LogP contribution in [0.4, 0.5) is 0 Å². The highest BCUT2D eigenvalue weighted by molar-refractivity contribution is 5.75. The minimum atomic E-state index is 0.336. The van der Waals surface area contributed by atoms with Crippen LogP contribution < -0.4 is 5.73 Å². The molecule has 2 N–H and O–H groups in total. The van der Waals surface area contributed by atoms with E-state index in [0.717, 1.165) is 50.7 Å². The highest BCUT2D eigenvalue weighted by atomic mass is 16.1. The normalized spacial score (nSPS) is 24.3. The second-order valence-electron chi connectivity index (χ2n) is 3.81. The molecule has 1 aliphatic carbocycles. The molecule has 1 fully saturated rings. The third-order valence-electron chi connectivity index (χ3n) is 2.69. The number of hydrogen-bond donors (Lipinski definition) is 1. The van der Waals surface area contributed by atoms with Crippen LogP contribution in [-0.4, -0.2) is 25.4 Å². The van der Waals surface area contributed by atoms with Crippen molar-refractivity contribution in [2.24, 2.45) is 17.6 Å². The molecule has 1 aliphatic rings. The molecular weight excluding hydrogens is 206 g/mol. The van der Waals surface area contributed by atoms with Crippen molar-refractivity contribution >= 4 is 18.9 Å². The van der Waals surface area contributed by atoms with Crippen LogP contribution in [0.3, 0.4) is 0 Å². The van der Waals surface area contributed by atoms with Crippen molar-refractivity contribution in [1.82, 2.24) is 0 Å². The van der Waals surface area contributed by atoms with Crippen molar-refractivity contribution in [3.63, 3.8) is 0 Å². The van der Waals surface area contributed by atoms with Gasteiger partial charge < -0.3 is 10.5 Å². The van der Waals surface area contributed by atoms with E-state index in [-0.39, 0.29) is 0 Å². The summed E-state index contributed by atoms with van der Waals surface area (Å²) in [5, 5.41) is 0. The second-order valence-corrected chi connectivity index (χ2v) is 3.81. The van der Waals surface area contributed by atoms with Crippen LogP contribution in [-0.2, 0) is 14.4 Å². The third kappa shape index (κ3) is 7.06. The molecule has 0 amide bonds. The molecule has 0 aliphatic heterocycles. The lowest BCUT2D eigenvalue weighted by Gasteiger charge is -2.23. The highest BCUT2D eigenvalue weighted by Crippen LogP contribution is 2.26. The van der Waals surface area contributed by atoms with E-state index in [1.54, 1.807) is 0 Å². The molecule has 4 nitrogen and oxygen atoms in total. The van der Waals surface area contributed by atoms with Gasteiger partial charge in [-0.15, -0.1) is 0 Å². The lowest BCUT2D eigenvalue weighted by molar-refractivity contribution is -0.112. The van der Waals surface area contributed by atoms with Gasteiger partial charge in [0.15, 0.2) is 0 Å². The Morgan fingerprint density at radius 1 is 0.938 bits per heavy atom. The first-order valence-electron chi connectivity index (χ1n) is 5.49. The van der Waals surface area contributed by atoms with Gasteiger partial charge in [-0.25, -0.2) is 0 Å². The van der Waals surface area contributed by atoms with E-state index in [2.05, 4.69) is 0 Å². The molecule has 0 aromatic carbocycles. The van der Waals surface area contributed by atoms with Crippen molar-refractivity contribution in [3.8, 4) is 0 Å². The molecule has 4 heteroatoms. The maximum absolute atomic E-state index is 10.3. The van der Waals surface area contributed by atoms with E-state index in [0.29, 0.717) is 24.4 Å². The molecule has 0 saturated heterocycles. The first-order valence-corrected chi connectivity index (χ1v) is 5.49. The standard InChI is InChI=1S/C8H15NO.C4H4O2/c9-5-7-1-3-8(6-10)4-2-7;5-3-1-2-4-6/h6-8H,1-5,9H2;1-4H/b;2-1-. The first-order chi connectivity index (χ1) is 7.78. The summed E-state index contributed by atoms with van der Waals surface area (Å²) in [6, 6.07) is 0. The topological polar surface area (TPSA) is 77.2 Å². The van der Waals surface area contributed by atoms with Gasteiger partial charge in [0.05, 0.1) is 0 Å². The monoisotopic (exact) mass is 225 g/mol. The van der Waals surface area contributed by atoms with Crippen molar-refractivity contribution in [2.75, 3.05) is 6.54 Å². The zero-order valence-corrected chi connectivity index (χ0v) is 9.38. The number of aldehydes is 3. The number of carbonyl (C=O) groups excluding carboxylic acids is 3. The Hall–Kier alpha value is -1.29. The first kappa shape index (κ1) is 14.7. The summed E-state index contributed by atoms with van der Waals surface area (Å²) in [6.45, 7) is 0.797. The van der Waals surface area contributed by atoms with E-state index in [9.17, 15) is 14.4 Å². The Bertz CT molecular complexity index is 220. The maximum atomic E-state index is 10.3. The largest absolute Gasteiger partial charge is 0.330 e. The van der Waals surface area contributed by atoms with Gasteiger partial charge in [-0.1, -0.05) is 0 Å². The molecule has 0 radical (unpaired) electrons. The van der Waals surface area contributed by atoms with Gasteiger partial charge in [-0.05, 0) is 50.3 Å². The van der Waals surface area contributed by atoms with Gasteiger partial charge in [-0.3, -0.25) is 9.59 Å². The van der Waals surface area contributed by atoms with Crippen LogP contribution in [0.2, 0.25) is 0 Å². The Balaban J connectivity index is 0.000000325. The van der Waals surface area contributed by atoms with Gasteiger partial charge in [0.25, 0.3) is 0 Å². The van der Waals surface area contributed by atoms with E-state index in [4.69, 9.17) is 5.73 Å². The molecule has 1 saturated carbocycles. The van der Waals surface area contributed by atoms with Gasteiger partial charge in [0.2, 0.25) is 0 Å². The predicted octanol–water partition coefficient (Wildman–Crippen LogP) is 0.891. The Morgan fingerprint density at radius 2 is 1.44 bits per heavy atom. The summed E-state index contributed by atoms with van der Waals surface area (Å²) >= 11 is 0. The number of allylic oxidation sites excluding steroid dienone is 2. The molecule has 0 unspecified atom stereocenters. The summed E-state index contributed by atoms with van der Waals surface area (Å²) in [5.74, 6) is 1.03. The smallest absolute Gasteiger partial charge is 0.142 e. The average Bonchev–Trinajstić information content (AvgIpc) is 2.37. The van der Waals surface area contributed by atoms with E-state index in [1.807, 2.05) is 0 Å². The lowest BCUT2D eigenvalue weighted by atomic mass is 9.83. The van der Waals surface area contributed by atoms with Crippen molar-refractivity contribution in [1.29, 1.82) is 0 Å². The second kappa shape index (κ2) is 10.2. The fourth-order valence-electron chi connectivity index (χ4n) is 1.65. The molecule has 1 rings (SSSR count). The van der Waals surface area contributed by atoms with Crippen LogP contribution in [0, 0.1) is 11.8 Å². The van der Waals surface area contributed by atoms with Crippen LogP contribution in [0.15, 0.2) is 12.2 Å². The molecule has 0 atom stereocenters. The van der Waals surface area contributed by atoms with Crippen molar-refractivity contribution in [3.05, 3.63) is 12.2 Å². The molecule has 0 bridgehead atoms. The molecule has 0 aromatic heterocycles. The summed E-state index contributed by atoms with van der Waals surface area (Å²) in [4.78, 5) is 29.0. The van der Waals surface area contributed by atoms with Gasteiger partial charge in [0.1, 0.15) is 18.9 Å². The van der Waals surface area contributed by atoms with E-state index >= 15 is 0 Å². The summed E-state index contributed by atoms with van der Waals surface area (Å²) in [6.07, 6.45) is 8.88. The highest BCUT2D eigenvalue weighted by Gasteiger charge is 2.18. The molecule has 90 valence electrons. The summed E-state index contributed by atoms with van der Waals surface area (Å²) in [7, 11) is 0. The van der Waals surface area contributed by atoms with Crippen LogP contribution in [0.25, 0.3) is 0 Å². The minimum Gasteiger partial charge on any atom is -0.330 e. The van der Waals surface area contributed by atoms with Crippen molar-refractivity contribution in [2.45, 2.75) is 25.7 Å². The maximum Gasteiger partial charge on any atom is 0.142 e. The van der Waals surface area contributed by atoms with E-state index in [1.165, 1.54) is 0 Å². The minimum absolute atomic E-state index is 0.336. The van der Waals surface area contributed by atoms with Crippen molar-refractivity contribution < 1.29 is 14.4 Å². The summed E-state index contributed by atoms with van der Waals surface area (Å²) < 4.78 is 0. The van der Waals surface area contributed by atoms with Gasteiger partial charge in [-0.2, -0.15) is 0 Å². The predicted molar refractivity (Wildman–Crippen MR) is 61.8 cm³/mol. The van der Waals surface area contributed by atoms with E-state index < -0.39 is 0 Å². The average molecular weight is 225 g/mol. The molecule has 0 spiro atoms. The SMILES string of the molecule is NCC1CCC(C=O)CC1.O=C/C=C\C=O. The zero-order chi connectivity index (χ0) is 12.2. The van der Waals surface area contributed by atoms with Crippen LogP contribution >= 0.6 is 0 Å². The molecule has 16 heavy (non-hydrogen) atoms. The quantitative estimate of drug-likeness (QED) is 0.569.